The van der Waals surface area contributed by atoms with Gasteiger partial charge in [-0.05, 0) is 39.7 Å². The van der Waals surface area contributed by atoms with Crippen molar-refractivity contribution in [2.45, 2.75) is 52.7 Å². The summed E-state index contributed by atoms with van der Waals surface area (Å²) in [4.78, 5) is 12.2. The molecule has 20 heavy (non-hydrogen) atoms. The lowest BCUT2D eigenvalue weighted by molar-refractivity contribution is -0.0436. The summed E-state index contributed by atoms with van der Waals surface area (Å²) < 4.78 is 11.1. The van der Waals surface area contributed by atoms with Crippen LogP contribution in [0.5, 0.6) is 0 Å². The summed E-state index contributed by atoms with van der Waals surface area (Å²) in [6.45, 7) is 10.8. The number of hydrogen-bond acceptors (Lipinski definition) is 3. The van der Waals surface area contributed by atoms with Crippen molar-refractivity contribution in [3.63, 3.8) is 0 Å². The maximum Gasteiger partial charge on any atom is 0.191 e. The summed E-state index contributed by atoms with van der Waals surface area (Å²) in [5.41, 5.74) is 1.76. The molecule has 0 fully saturated rings. The molecule has 3 heteroatoms. The van der Waals surface area contributed by atoms with Crippen molar-refractivity contribution in [1.29, 1.82) is 0 Å². The van der Waals surface area contributed by atoms with Crippen LogP contribution in [0.3, 0.4) is 0 Å². The van der Waals surface area contributed by atoms with Crippen LogP contribution < -0.4 is 0 Å². The number of aryl methyl sites for hydroxylation is 1. The molecule has 112 valence electrons. The molecule has 0 radical (unpaired) electrons. The molecule has 0 aliphatic rings. The Hall–Kier alpha value is -1.19. The van der Waals surface area contributed by atoms with E-state index in [1.807, 2.05) is 45.0 Å². The lowest BCUT2D eigenvalue weighted by Gasteiger charge is -2.20. The SMILES string of the molecule is CCc1ccc(C(=O)C(C)OCCOC(C)(C)C)cc1. The van der Waals surface area contributed by atoms with Crippen LogP contribution in [0, 0.1) is 0 Å². The Morgan fingerprint density at radius 2 is 1.75 bits per heavy atom. The smallest absolute Gasteiger partial charge is 0.191 e. The van der Waals surface area contributed by atoms with E-state index in [4.69, 9.17) is 9.47 Å². The first-order valence-corrected chi connectivity index (χ1v) is 7.22. The summed E-state index contributed by atoms with van der Waals surface area (Å²) in [6, 6.07) is 7.71. The molecular formula is C17H26O3. The molecule has 0 aliphatic carbocycles. The largest absolute Gasteiger partial charge is 0.373 e. The number of carbonyl (C=O) groups excluding carboxylic acids is 1. The first-order valence-electron chi connectivity index (χ1n) is 7.22. The van der Waals surface area contributed by atoms with Crippen molar-refractivity contribution in [3.8, 4) is 0 Å². The standard InChI is InChI=1S/C17H26O3/c1-6-14-7-9-15(10-8-14)16(18)13(2)19-11-12-20-17(3,4)5/h7-10,13H,6,11-12H2,1-5H3. The molecular weight excluding hydrogens is 252 g/mol. The lowest BCUT2D eigenvalue weighted by Crippen LogP contribution is -2.26. The lowest BCUT2D eigenvalue weighted by atomic mass is 10.0. The number of benzene rings is 1. The van der Waals surface area contributed by atoms with Gasteiger partial charge in [-0.3, -0.25) is 4.79 Å². The van der Waals surface area contributed by atoms with Gasteiger partial charge in [-0.15, -0.1) is 0 Å². The molecule has 1 aromatic rings. The van der Waals surface area contributed by atoms with E-state index in [9.17, 15) is 4.79 Å². The number of rotatable bonds is 7. The summed E-state index contributed by atoms with van der Waals surface area (Å²) in [5.74, 6) is 0.0170. The maximum absolute atomic E-state index is 12.2. The molecule has 1 unspecified atom stereocenters. The van der Waals surface area contributed by atoms with Gasteiger partial charge in [0, 0.05) is 5.56 Å². The Bertz CT molecular complexity index is 415. The van der Waals surface area contributed by atoms with Crippen molar-refractivity contribution in [3.05, 3.63) is 35.4 Å². The molecule has 1 rings (SSSR count). The minimum Gasteiger partial charge on any atom is -0.373 e. The number of hydrogen-bond donors (Lipinski definition) is 0. The topological polar surface area (TPSA) is 35.5 Å². The van der Waals surface area contributed by atoms with Crippen LogP contribution in [0.1, 0.15) is 50.5 Å². The minimum atomic E-state index is -0.439. The monoisotopic (exact) mass is 278 g/mol. The molecule has 0 heterocycles. The highest BCUT2D eigenvalue weighted by molar-refractivity contribution is 5.99. The van der Waals surface area contributed by atoms with Crippen molar-refractivity contribution in [1.82, 2.24) is 0 Å². The fourth-order valence-corrected chi connectivity index (χ4v) is 1.79. The highest BCUT2D eigenvalue weighted by atomic mass is 16.5. The summed E-state index contributed by atoms with van der Waals surface area (Å²) >= 11 is 0. The normalized spacial score (nSPS) is 13.2. The highest BCUT2D eigenvalue weighted by Crippen LogP contribution is 2.10. The second kappa shape index (κ2) is 7.55. The van der Waals surface area contributed by atoms with E-state index >= 15 is 0 Å². The van der Waals surface area contributed by atoms with Gasteiger partial charge < -0.3 is 9.47 Å². The van der Waals surface area contributed by atoms with Crippen molar-refractivity contribution in [2.75, 3.05) is 13.2 Å². The molecule has 0 N–H and O–H groups in total. The van der Waals surface area contributed by atoms with Crippen molar-refractivity contribution >= 4 is 5.78 Å². The van der Waals surface area contributed by atoms with Gasteiger partial charge in [-0.25, -0.2) is 0 Å². The zero-order valence-corrected chi connectivity index (χ0v) is 13.2. The molecule has 3 nitrogen and oxygen atoms in total. The Morgan fingerprint density at radius 1 is 1.15 bits per heavy atom. The maximum atomic E-state index is 12.2. The fraction of sp³-hybridized carbons (Fsp3) is 0.588. The van der Waals surface area contributed by atoms with Crippen LogP contribution in [0.2, 0.25) is 0 Å². The van der Waals surface area contributed by atoms with Gasteiger partial charge in [-0.1, -0.05) is 31.2 Å². The third-order valence-electron chi connectivity index (χ3n) is 3.00. The third kappa shape index (κ3) is 5.85. The Balaban J connectivity index is 2.42. The molecule has 1 aromatic carbocycles. The number of ether oxygens (including phenoxy) is 2. The fourth-order valence-electron chi connectivity index (χ4n) is 1.79. The molecule has 0 amide bonds. The first kappa shape index (κ1) is 16.9. The van der Waals surface area contributed by atoms with Gasteiger partial charge in [0.25, 0.3) is 0 Å². The van der Waals surface area contributed by atoms with Crippen molar-refractivity contribution < 1.29 is 14.3 Å². The van der Waals surface area contributed by atoms with E-state index in [0.29, 0.717) is 18.8 Å². The molecule has 0 saturated heterocycles. The average Bonchev–Trinajstić information content (AvgIpc) is 2.41. The second-order valence-corrected chi connectivity index (χ2v) is 5.89. The van der Waals surface area contributed by atoms with E-state index in [0.717, 1.165) is 6.42 Å². The van der Waals surface area contributed by atoms with E-state index < -0.39 is 6.10 Å². The second-order valence-electron chi connectivity index (χ2n) is 5.89. The van der Waals surface area contributed by atoms with E-state index in [2.05, 4.69) is 6.92 Å². The van der Waals surface area contributed by atoms with E-state index in [1.54, 1.807) is 6.92 Å². The first-order chi connectivity index (χ1) is 9.33. The summed E-state index contributed by atoms with van der Waals surface area (Å²) in [6.07, 6.45) is 0.538. The van der Waals surface area contributed by atoms with Crippen LogP contribution in [-0.2, 0) is 15.9 Å². The van der Waals surface area contributed by atoms with Gasteiger partial charge in [0.05, 0.1) is 18.8 Å². The third-order valence-corrected chi connectivity index (χ3v) is 3.00. The van der Waals surface area contributed by atoms with Gasteiger partial charge in [-0.2, -0.15) is 0 Å². The zero-order chi connectivity index (χ0) is 15.2. The van der Waals surface area contributed by atoms with E-state index in [-0.39, 0.29) is 11.4 Å². The van der Waals surface area contributed by atoms with Crippen LogP contribution >= 0.6 is 0 Å². The minimum absolute atomic E-state index is 0.0170. The van der Waals surface area contributed by atoms with Crippen LogP contribution in [0.4, 0.5) is 0 Å². The zero-order valence-electron chi connectivity index (χ0n) is 13.2. The predicted molar refractivity (Wildman–Crippen MR) is 81.3 cm³/mol. The van der Waals surface area contributed by atoms with Crippen molar-refractivity contribution in [2.24, 2.45) is 0 Å². The predicted octanol–water partition coefficient (Wildman–Crippen LogP) is 3.65. The summed E-state index contributed by atoms with van der Waals surface area (Å²) in [7, 11) is 0. The Morgan fingerprint density at radius 3 is 2.25 bits per heavy atom. The van der Waals surface area contributed by atoms with Gasteiger partial charge in [0.2, 0.25) is 0 Å². The molecule has 1 atom stereocenters. The van der Waals surface area contributed by atoms with Crippen LogP contribution in [0.15, 0.2) is 24.3 Å². The Kier molecular flexibility index (Phi) is 6.37. The number of ketones is 1. The molecule has 0 bridgehead atoms. The average molecular weight is 278 g/mol. The quantitative estimate of drug-likeness (QED) is 0.564. The van der Waals surface area contributed by atoms with Crippen LogP contribution in [0.25, 0.3) is 0 Å². The molecule has 0 saturated carbocycles. The van der Waals surface area contributed by atoms with Gasteiger partial charge in [0.1, 0.15) is 6.10 Å². The van der Waals surface area contributed by atoms with Gasteiger partial charge in [0.15, 0.2) is 5.78 Å². The van der Waals surface area contributed by atoms with Crippen LogP contribution in [-0.4, -0.2) is 30.7 Å². The molecule has 0 aromatic heterocycles. The molecule has 0 aliphatic heterocycles. The molecule has 0 spiro atoms. The number of carbonyl (C=O) groups is 1. The summed E-state index contributed by atoms with van der Waals surface area (Å²) in [5, 5.41) is 0. The van der Waals surface area contributed by atoms with E-state index in [1.165, 1.54) is 5.56 Å². The number of Topliss-reactive ketones (excluding diaryl/α,β-unsaturated/α-hetero) is 1. The van der Waals surface area contributed by atoms with Gasteiger partial charge >= 0.3 is 0 Å². The Labute approximate surface area is 122 Å². The highest BCUT2D eigenvalue weighted by Gasteiger charge is 2.16.